The largest absolute Gasteiger partial charge is 0.497 e. The fourth-order valence-corrected chi connectivity index (χ4v) is 2.49. The van der Waals surface area contributed by atoms with E-state index in [-0.39, 0.29) is 6.04 Å². The molecule has 0 aliphatic heterocycles. The van der Waals surface area contributed by atoms with Gasteiger partial charge in [-0.1, -0.05) is 12.1 Å². The Balaban J connectivity index is 2.26. The number of ether oxygens (including phenoxy) is 2. The molecule has 2 aromatic rings. The van der Waals surface area contributed by atoms with Gasteiger partial charge in [0, 0.05) is 10.3 Å². The van der Waals surface area contributed by atoms with Crippen molar-refractivity contribution >= 4 is 11.3 Å². The zero-order valence-corrected chi connectivity index (χ0v) is 10.7. The highest BCUT2D eigenvalue weighted by Crippen LogP contribution is 2.30. The van der Waals surface area contributed by atoms with Crippen molar-refractivity contribution < 1.29 is 9.47 Å². The van der Waals surface area contributed by atoms with Gasteiger partial charge in [-0.05, 0) is 23.8 Å². The zero-order valence-electron chi connectivity index (χ0n) is 9.84. The molecule has 0 aliphatic rings. The topological polar surface area (TPSA) is 44.5 Å². The van der Waals surface area contributed by atoms with Gasteiger partial charge in [0.1, 0.15) is 11.5 Å². The van der Waals surface area contributed by atoms with Gasteiger partial charge in [0.25, 0.3) is 0 Å². The van der Waals surface area contributed by atoms with E-state index in [9.17, 15) is 0 Å². The van der Waals surface area contributed by atoms with Crippen LogP contribution in [0.3, 0.4) is 0 Å². The van der Waals surface area contributed by atoms with Crippen molar-refractivity contribution in [1.29, 1.82) is 0 Å². The van der Waals surface area contributed by atoms with Crippen LogP contribution in [0.4, 0.5) is 0 Å². The third-order valence-electron chi connectivity index (χ3n) is 2.59. The van der Waals surface area contributed by atoms with Crippen molar-refractivity contribution in [3.63, 3.8) is 0 Å². The van der Waals surface area contributed by atoms with Gasteiger partial charge < -0.3 is 15.2 Å². The lowest BCUT2D eigenvalue weighted by Crippen LogP contribution is -2.10. The summed E-state index contributed by atoms with van der Waals surface area (Å²) < 4.78 is 10.3. The molecule has 17 heavy (non-hydrogen) atoms. The van der Waals surface area contributed by atoms with Gasteiger partial charge in [-0.3, -0.25) is 0 Å². The highest BCUT2D eigenvalue weighted by Gasteiger charge is 2.12. The fourth-order valence-electron chi connectivity index (χ4n) is 1.60. The molecular weight excluding hydrogens is 234 g/mol. The van der Waals surface area contributed by atoms with E-state index in [0.29, 0.717) is 0 Å². The van der Waals surface area contributed by atoms with E-state index in [1.165, 1.54) is 0 Å². The van der Waals surface area contributed by atoms with Crippen LogP contribution in [0.1, 0.15) is 16.5 Å². The summed E-state index contributed by atoms with van der Waals surface area (Å²) in [6.45, 7) is 0. The van der Waals surface area contributed by atoms with Crippen molar-refractivity contribution in [2.75, 3.05) is 14.2 Å². The average molecular weight is 249 g/mol. The van der Waals surface area contributed by atoms with Crippen molar-refractivity contribution in [2.45, 2.75) is 6.04 Å². The molecule has 0 bridgehead atoms. The first-order valence-corrected chi connectivity index (χ1v) is 6.14. The Hall–Kier alpha value is -1.52. The summed E-state index contributed by atoms with van der Waals surface area (Å²) in [6, 6.07) is 9.63. The second-order valence-corrected chi connectivity index (χ2v) is 4.59. The summed E-state index contributed by atoms with van der Waals surface area (Å²) >= 11 is 1.60. The van der Waals surface area contributed by atoms with Crippen LogP contribution >= 0.6 is 11.3 Å². The number of hydrogen-bond donors (Lipinski definition) is 1. The number of nitrogens with two attached hydrogens (primary N) is 1. The van der Waals surface area contributed by atoms with Crippen molar-refractivity contribution in [2.24, 2.45) is 5.73 Å². The van der Waals surface area contributed by atoms with Crippen LogP contribution in [0.25, 0.3) is 0 Å². The predicted molar refractivity (Wildman–Crippen MR) is 69.9 cm³/mol. The van der Waals surface area contributed by atoms with E-state index in [0.717, 1.165) is 21.9 Å². The van der Waals surface area contributed by atoms with Gasteiger partial charge in [-0.25, -0.2) is 0 Å². The van der Waals surface area contributed by atoms with Crippen LogP contribution in [-0.2, 0) is 0 Å². The molecule has 0 saturated carbocycles. The van der Waals surface area contributed by atoms with Crippen LogP contribution in [0, 0.1) is 0 Å². The minimum Gasteiger partial charge on any atom is -0.497 e. The number of thiophene rings is 1. The van der Waals surface area contributed by atoms with Crippen LogP contribution in [0.15, 0.2) is 35.7 Å². The van der Waals surface area contributed by atoms with Crippen molar-refractivity contribution in [3.8, 4) is 11.5 Å². The molecule has 0 aliphatic carbocycles. The van der Waals surface area contributed by atoms with E-state index in [2.05, 4.69) is 0 Å². The maximum absolute atomic E-state index is 6.21. The Labute approximate surface area is 105 Å². The van der Waals surface area contributed by atoms with E-state index < -0.39 is 0 Å². The smallest absolute Gasteiger partial charge is 0.129 e. The molecule has 1 aromatic carbocycles. The third kappa shape index (κ3) is 2.60. The quantitative estimate of drug-likeness (QED) is 0.906. The lowest BCUT2D eigenvalue weighted by Gasteiger charge is -2.11. The molecule has 0 saturated heterocycles. The molecule has 0 amide bonds. The molecule has 1 unspecified atom stereocenters. The molecule has 1 atom stereocenters. The molecule has 1 aromatic heterocycles. The Morgan fingerprint density at radius 2 is 1.88 bits per heavy atom. The summed E-state index contributed by atoms with van der Waals surface area (Å²) in [5.74, 6) is 1.67. The van der Waals surface area contributed by atoms with Crippen molar-refractivity contribution in [1.82, 2.24) is 0 Å². The lowest BCUT2D eigenvalue weighted by atomic mass is 10.1. The van der Waals surface area contributed by atoms with Crippen LogP contribution in [0.5, 0.6) is 11.5 Å². The van der Waals surface area contributed by atoms with Gasteiger partial charge >= 0.3 is 0 Å². The van der Waals surface area contributed by atoms with Gasteiger partial charge in [-0.15, -0.1) is 11.3 Å². The van der Waals surface area contributed by atoms with E-state index in [1.54, 1.807) is 25.6 Å². The molecule has 90 valence electrons. The second-order valence-electron chi connectivity index (χ2n) is 3.64. The summed E-state index contributed by atoms with van der Waals surface area (Å²) in [5, 5.41) is 1.95. The van der Waals surface area contributed by atoms with Crippen molar-refractivity contribution in [3.05, 3.63) is 46.2 Å². The standard InChI is InChI=1S/C13H15NO2S/c1-15-10-5-3-4-9(6-10)13(14)12-7-11(16-2)8-17-12/h3-8,13H,14H2,1-2H3. The summed E-state index contributed by atoms with van der Waals surface area (Å²) in [6.07, 6.45) is 0. The summed E-state index contributed by atoms with van der Waals surface area (Å²) in [4.78, 5) is 1.08. The molecule has 0 radical (unpaired) electrons. The monoisotopic (exact) mass is 249 g/mol. The van der Waals surface area contributed by atoms with Crippen LogP contribution in [0.2, 0.25) is 0 Å². The Bertz CT molecular complexity index is 496. The second kappa shape index (κ2) is 5.21. The first kappa shape index (κ1) is 12.0. The fraction of sp³-hybridized carbons (Fsp3) is 0.231. The first-order chi connectivity index (χ1) is 8.24. The molecule has 4 heteroatoms. The molecule has 0 spiro atoms. The Kier molecular flexibility index (Phi) is 3.66. The molecule has 2 N–H and O–H groups in total. The maximum atomic E-state index is 6.21. The highest BCUT2D eigenvalue weighted by molar-refractivity contribution is 7.10. The first-order valence-electron chi connectivity index (χ1n) is 5.26. The highest BCUT2D eigenvalue weighted by atomic mass is 32.1. The number of methoxy groups -OCH3 is 2. The molecule has 1 heterocycles. The zero-order chi connectivity index (χ0) is 12.3. The Morgan fingerprint density at radius 3 is 2.53 bits per heavy atom. The third-order valence-corrected chi connectivity index (χ3v) is 3.58. The van der Waals surface area contributed by atoms with E-state index >= 15 is 0 Å². The van der Waals surface area contributed by atoms with Gasteiger partial charge in [0.2, 0.25) is 0 Å². The predicted octanol–water partition coefficient (Wildman–Crippen LogP) is 2.81. The molecule has 0 fully saturated rings. The number of rotatable bonds is 4. The average Bonchev–Trinajstić information content (AvgIpc) is 2.86. The molecular formula is C13H15NO2S. The van der Waals surface area contributed by atoms with Crippen LogP contribution < -0.4 is 15.2 Å². The van der Waals surface area contributed by atoms with E-state index in [1.807, 2.05) is 35.7 Å². The summed E-state index contributed by atoms with van der Waals surface area (Å²) in [7, 11) is 3.31. The van der Waals surface area contributed by atoms with E-state index in [4.69, 9.17) is 15.2 Å². The number of hydrogen-bond acceptors (Lipinski definition) is 4. The SMILES string of the molecule is COc1cccc(C(N)c2cc(OC)cs2)c1. The van der Waals surface area contributed by atoms with Crippen LogP contribution in [-0.4, -0.2) is 14.2 Å². The normalized spacial score (nSPS) is 12.2. The van der Waals surface area contributed by atoms with Gasteiger partial charge in [-0.2, -0.15) is 0 Å². The maximum Gasteiger partial charge on any atom is 0.129 e. The molecule has 2 rings (SSSR count). The minimum atomic E-state index is -0.140. The number of benzene rings is 1. The summed E-state index contributed by atoms with van der Waals surface area (Å²) in [5.41, 5.74) is 7.24. The lowest BCUT2D eigenvalue weighted by molar-refractivity contribution is 0.414. The minimum absolute atomic E-state index is 0.140. The molecule has 3 nitrogen and oxygen atoms in total. The Morgan fingerprint density at radius 1 is 1.12 bits per heavy atom. The van der Waals surface area contributed by atoms with Gasteiger partial charge in [0.15, 0.2) is 0 Å². The van der Waals surface area contributed by atoms with Gasteiger partial charge in [0.05, 0.1) is 20.3 Å².